The van der Waals surface area contributed by atoms with Crippen LogP contribution in [0, 0.1) is 0 Å². The molecular weight excluding hydrogens is 228 g/mol. The van der Waals surface area contributed by atoms with Gasteiger partial charge in [-0.25, -0.2) is 0 Å². The second-order valence-corrected chi connectivity index (χ2v) is 5.06. The number of carbonyl (C=O) groups is 1. The first-order valence-corrected chi connectivity index (χ1v) is 6.27. The van der Waals surface area contributed by atoms with E-state index < -0.39 is 6.04 Å². The molecule has 1 saturated heterocycles. The van der Waals surface area contributed by atoms with Crippen molar-refractivity contribution >= 4 is 5.91 Å². The van der Waals surface area contributed by atoms with Gasteiger partial charge in [0.15, 0.2) is 0 Å². The SMILES string of the molecule is CC1OCCC1(C)NC(=O)C(N)c1ccccc1. The lowest BCUT2D eigenvalue weighted by Crippen LogP contribution is -2.53. The lowest BCUT2D eigenvalue weighted by atomic mass is 9.93. The van der Waals surface area contributed by atoms with Crippen molar-refractivity contribution in [2.24, 2.45) is 5.73 Å². The van der Waals surface area contributed by atoms with Gasteiger partial charge in [0.2, 0.25) is 5.91 Å². The fourth-order valence-electron chi connectivity index (χ4n) is 2.17. The van der Waals surface area contributed by atoms with E-state index in [1.807, 2.05) is 44.2 Å². The second kappa shape index (κ2) is 5.08. The van der Waals surface area contributed by atoms with Crippen LogP contribution in [-0.4, -0.2) is 24.2 Å². The average Bonchev–Trinajstić information content (AvgIpc) is 2.69. The van der Waals surface area contributed by atoms with Crippen LogP contribution in [0.15, 0.2) is 30.3 Å². The van der Waals surface area contributed by atoms with E-state index >= 15 is 0 Å². The highest BCUT2D eigenvalue weighted by Gasteiger charge is 2.39. The molecular formula is C14H20N2O2. The summed E-state index contributed by atoms with van der Waals surface area (Å²) in [4.78, 5) is 12.2. The van der Waals surface area contributed by atoms with Gasteiger partial charge in [0.05, 0.1) is 11.6 Å². The second-order valence-electron chi connectivity index (χ2n) is 5.06. The largest absolute Gasteiger partial charge is 0.376 e. The number of carbonyl (C=O) groups excluding carboxylic acids is 1. The van der Waals surface area contributed by atoms with Crippen molar-refractivity contribution in [3.63, 3.8) is 0 Å². The Kier molecular flexibility index (Phi) is 3.68. The Hall–Kier alpha value is -1.39. The molecule has 3 atom stereocenters. The third-order valence-electron chi connectivity index (χ3n) is 3.74. The summed E-state index contributed by atoms with van der Waals surface area (Å²) in [7, 11) is 0. The summed E-state index contributed by atoms with van der Waals surface area (Å²) in [6.45, 7) is 4.65. The summed E-state index contributed by atoms with van der Waals surface area (Å²) >= 11 is 0. The summed E-state index contributed by atoms with van der Waals surface area (Å²) in [5, 5.41) is 3.01. The van der Waals surface area contributed by atoms with Gasteiger partial charge in [-0.2, -0.15) is 0 Å². The maximum atomic E-state index is 12.2. The minimum atomic E-state index is -0.629. The van der Waals surface area contributed by atoms with Crippen LogP contribution in [0.4, 0.5) is 0 Å². The molecule has 0 aliphatic carbocycles. The molecule has 4 heteroatoms. The maximum absolute atomic E-state index is 12.2. The van der Waals surface area contributed by atoms with E-state index in [9.17, 15) is 4.79 Å². The number of nitrogens with two attached hydrogens (primary N) is 1. The standard InChI is InChI=1S/C14H20N2O2/c1-10-14(2,8-9-18-10)16-13(17)12(15)11-6-4-3-5-7-11/h3-7,10,12H,8-9,15H2,1-2H3,(H,16,17). The van der Waals surface area contributed by atoms with Crippen molar-refractivity contribution in [2.45, 2.75) is 38.0 Å². The zero-order chi connectivity index (χ0) is 13.2. The molecule has 0 spiro atoms. The number of nitrogens with one attached hydrogen (secondary N) is 1. The molecule has 1 aliphatic heterocycles. The summed E-state index contributed by atoms with van der Waals surface area (Å²) in [6.07, 6.45) is 0.839. The molecule has 0 radical (unpaired) electrons. The molecule has 1 fully saturated rings. The van der Waals surface area contributed by atoms with Gasteiger partial charge in [-0.1, -0.05) is 30.3 Å². The third kappa shape index (κ3) is 2.54. The Morgan fingerprint density at radius 3 is 2.72 bits per heavy atom. The van der Waals surface area contributed by atoms with Crippen LogP contribution in [0.2, 0.25) is 0 Å². The zero-order valence-electron chi connectivity index (χ0n) is 10.8. The number of benzene rings is 1. The van der Waals surface area contributed by atoms with Crippen LogP contribution < -0.4 is 11.1 Å². The Labute approximate surface area is 108 Å². The summed E-state index contributed by atoms with van der Waals surface area (Å²) in [5.74, 6) is -0.152. The lowest BCUT2D eigenvalue weighted by Gasteiger charge is -2.30. The van der Waals surface area contributed by atoms with Crippen molar-refractivity contribution in [1.82, 2.24) is 5.32 Å². The van der Waals surface area contributed by atoms with Crippen LogP contribution in [0.1, 0.15) is 31.9 Å². The Morgan fingerprint density at radius 1 is 1.50 bits per heavy atom. The number of amides is 1. The molecule has 1 heterocycles. The van der Waals surface area contributed by atoms with Gasteiger partial charge in [-0.3, -0.25) is 4.79 Å². The van der Waals surface area contributed by atoms with Gasteiger partial charge >= 0.3 is 0 Å². The van der Waals surface area contributed by atoms with E-state index in [0.29, 0.717) is 6.61 Å². The van der Waals surface area contributed by atoms with Crippen molar-refractivity contribution in [3.8, 4) is 0 Å². The molecule has 4 nitrogen and oxygen atoms in total. The van der Waals surface area contributed by atoms with Crippen molar-refractivity contribution in [2.75, 3.05) is 6.61 Å². The molecule has 0 aromatic heterocycles. The highest BCUT2D eigenvalue weighted by Crippen LogP contribution is 2.25. The highest BCUT2D eigenvalue weighted by molar-refractivity contribution is 5.83. The quantitative estimate of drug-likeness (QED) is 0.849. The smallest absolute Gasteiger partial charge is 0.242 e. The number of hydrogen-bond donors (Lipinski definition) is 2. The molecule has 0 bridgehead atoms. The van der Waals surface area contributed by atoms with Crippen LogP contribution >= 0.6 is 0 Å². The molecule has 98 valence electrons. The molecule has 1 aliphatic rings. The summed E-state index contributed by atoms with van der Waals surface area (Å²) in [6, 6.07) is 8.76. The monoisotopic (exact) mass is 248 g/mol. The minimum absolute atomic E-state index is 0.0180. The molecule has 1 aromatic carbocycles. The molecule has 18 heavy (non-hydrogen) atoms. The molecule has 1 amide bonds. The first-order chi connectivity index (χ1) is 8.53. The van der Waals surface area contributed by atoms with Gasteiger partial charge in [0.25, 0.3) is 0 Å². The fraction of sp³-hybridized carbons (Fsp3) is 0.500. The first kappa shape index (κ1) is 13.1. The van der Waals surface area contributed by atoms with Gasteiger partial charge in [-0.05, 0) is 25.8 Å². The normalized spacial score (nSPS) is 28.9. The van der Waals surface area contributed by atoms with E-state index in [2.05, 4.69) is 5.32 Å². The van der Waals surface area contributed by atoms with Crippen LogP contribution in [0.5, 0.6) is 0 Å². The lowest BCUT2D eigenvalue weighted by molar-refractivity contribution is -0.124. The highest BCUT2D eigenvalue weighted by atomic mass is 16.5. The van der Waals surface area contributed by atoms with E-state index in [-0.39, 0.29) is 17.6 Å². The van der Waals surface area contributed by atoms with Gasteiger partial charge in [0, 0.05) is 6.61 Å². The Balaban J connectivity index is 2.04. The molecule has 0 saturated carbocycles. The number of rotatable bonds is 3. The predicted octanol–water partition coefficient (Wildman–Crippen LogP) is 1.37. The van der Waals surface area contributed by atoms with E-state index in [4.69, 9.17) is 10.5 Å². The average molecular weight is 248 g/mol. The maximum Gasteiger partial charge on any atom is 0.242 e. The van der Waals surface area contributed by atoms with Crippen LogP contribution in [-0.2, 0) is 9.53 Å². The summed E-state index contributed by atoms with van der Waals surface area (Å²) < 4.78 is 5.50. The van der Waals surface area contributed by atoms with Gasteiger partial charge < -0.3 is 15.8 Å². The zero-order valence-corrected chi connectivity index (χ0v) is 10.8. The molecule has 1 aromatic rings. The molecule has 3 N–H and O–H groups in total. The van der Waals surface area contributed by atoms with Crippen molar-refractivity contribution in [3.05, 3.63) is 35.9 Å². The van der Waals surface area contributed by atoms with Crippen molar-refractivity contribution in [1.29, 1.82) is 0 Å². The van der Waals surface area contributed by atoms with Crippen LogP contribution in [0.25, 0.3) is 0 Å². The van der Waals surface area contributed by atoms with E-state index in [1.165, 1.54) is 0 Å². The van der Waals surface area contributed by atoms with E-state index in [0.717, 1.165) is 12.0 Å². The Morgan fingerprint density at radius 2 is 2.17 bits per heavy atom. The number of ether oxygens (including phenoxy) is 1. The van der Waals surface area contributed by atoms with Gasteiger partial charge in [0.1, 0.15) is 6.04 Å². The molecule has 2 rings (SSSR count). The molecule has 3 unspecified atom stereocenters. The third-order valence-corrected chi connectivity index (χ3v) is 3.74. The fourth-order valence-corrected chi connectivity index (χ4v) is 2.17. The summed E-state index contributed by atoms with van der Waals surface area (Å²) in [5.41, 5.74) is 6.48. The topological polar surface area (TPSA) is 64.3 Å². The number of hydrogen-bond acceptors (Lipinski definition) is 3. The first-order valence-electron chi connectivity index (χ1n) is 6.27. The van der Waals surface area contributed by atoms with Gasteiger partial charge in [-0.15, -0.1) is 0 Å². The minimum Gasteiger partial charge on any atom is -0.376 e. The predicted molar refractivity (Wildman–Crippen MR) is 69.9 cm³/mol. The van der Waals surface area contributed by atoms with Crippen molar-refractivity contribution < 1.29 is 9.53 Å². The van der Waals surface area contributed by atoms with E-state index in [1.54, 1.807) is 0 Å². The van der Waals surface area contributed by atoms with Crippen LogP contribution in [0.3, 0.4) is 0 Å². The Bertz CT molecular complexity index is 421.